The van der Waals surface area contributed by atoms with Gasteiger partial charge in [0.05, 0.1) is 11.7 Å². The van der Waals surface area contributed by atoms with Crippen molar-refractivity contribution in [1.82, 2.24) is 0 Å². The Morgan fingerprint density at radius 2 is 2.11 bits per heavy atom. The number of fused-ring (bicyclic) bond motifs is 1. The van der Waals surface area contributed by atoms with Gasteiger partial charge in [0.15, 0.2) is 0 Å². The lowest BCUT2D eigenvalue weighted by atomic mass is 9.65. The van der Waals surface area contributed by atoms with E-state index in [9.17, 15) is 9.90 Å². The van der Waals surface area contributed by atoms with Crippen LogP contribution in [0.25, 0.3) is 0 Å². The summed E-state index contributed by atoms with van der Waals surface area (Å²) in [5, 5.41) is 10.0. The fourth-order valence-electron chi connectivity index (χ4n) is 3.62. The average molecular weight is 268 g/mol. The number of esters is 1. The van der Waals surface area contributed by atoms with Crippen molar-refractivity contribution in [2.24, 2.45) is 5.41 Å². The van der Waals surface area contributed by atoms with Gasteiger partial charge in [0.25, 0.3) is 0 Å². The third-order valence-electron chi connectivity index (χ3n) is 4.21. The van der Waals surface area contributed by atoms with Crippen molar-refractivity contribution < 1.29 is 19.4 Å². The van der Waals surface area contributed by atoms with Crippen LogP contribution in [-0.2, 0) is 14.3 Å². The van der Waals surface area contributed by atoms with E-state index in [0.29, 0.717) is 6.42 Å². The Morgan fingerprint density at radius 3 is 2.68 bits per heavy atom. The van der Waals surface area contributed by atoms with E-state index in [-0.39, 0.29) is 29.7 Å². The maximum atomic E-state index is 11.0. The van der Waals surface area contributed by atoms with Gasteiger partial charge in [-0.2, -0.15) is 0 Å². The van der Waals surface area contributed by atoms with E-state index in [1.807, 2.05) is 13.8 Å². The van der Waals surface area contributed by atoms with Gasteiger partial charge in [-0.25, -0.2) is 0 Å². The van der Waals surface area contributed by atoms with E-state index in [4.69, 9.17) is 9.47 Å². The molecule has 1 N–H and O–H groups in total. The highest BCUT2D eigenvalue weighted by Gasteiger charge is 2.51. The van der Waals surface area contributed by atoms with Gasteiger partial charge in [-0.3, -0.25) is 4.79 Å². The molecule has 1 saturated carbocycles. The minimum atomic E-state index is -0.444. The molecule has 4 atom stereocenters. The molecule has 2 rings (SSSR count). The summed E-state index contributed by atoms with van der Waals surface area (Å²) in [6, 6.07) is 0. The number of aliphatic hydroxyl groups is 1. The molecule has 4 nitrogen and oxygen atoms in total. The number of hydrogen-bond donors (Lipinski definition) is 1. The molecular formula is C15H24O4. The Morgan fingerprint density at radius 1 is 1.47 bits per heavy atom. The van der Waals surface area contributed by atoms with Crippen LogP contribution in [0, 0.1) is 5.41 Å². The second kappa shape index (κ2) is 4.60. The van der Waals surface area contributed by atoms with Crippen LogP contribution in [0.15, 0.2) is 11.6 Å². The Kier molecular flexibility index (Phi) is 3.52. The number of rotatable bonds is 2. The van der Waals surface area contributed by atoms with Gasteiger partial charge in [0.2, 0.25) is 0 Å². The monoisotopic (exact) mass is 268 g/mol. The summed E-state index contributed by atoms with van der Waals surface area (Å²) in [7, 11) is 0. The molecule has 0 aromatic heterocycles. The van der Waals surface area contributed by atoms with Crippen LogP contribution < -0.4 is 0 Å². The van der Waals surface area contributed by atoms with Gasteiger partial charge in [-0.1, -0.05) is 13.8 Å². The number of carbonyl (C=O) groups is 1. The van der Waals surface area contributed by atoms with Crippen molar-refractivity contribution in [3.05, 3.63) is 11.6 Å². The normalized spacial score (nSPS) is 38.3. The van der Waals surface area contributed by atoms with Crippen LogP contribution in [-0.4, -0.2) is 35.0 Å². The van der Waals surface area contributed by atoms with E-state index < -0.39 is 5.60 Å². The van der Waals surface area contributed by atoms with Crippen LogP contribution >= 0.6 is 0 Å². The fourth-order valence-corrected chi connectivity index (χ4v) is 3.62. The topological polar surface area (TPSA) is 55.8 Å². The van der Waals surface area contributed by atoms with Crippen molar-refractivity contribution in [3.63, 3.8) is 0 Å². The molecule has 1 aliphatic heterocycles. The maximum absolute atomic E-state index is 11.0. The van der Waals surface area contributed by atoms with Gasteiger partial charge < -0.3 is 14.6 Å². The molecular weight excluding hydrogens is 244 g/mol. The zero-order valence-electron chi connectivity index (χ0n) is 12.4. The van der Waals surface area contributed by atoms with Crippen molar-refractivity contribution in [3.8, 4) is 0 Å². The first kappa shape index (κ1) is 14.5. The Labute approximate surface area is 114 Å². The summed E-state index contributed by atoms with van der Waals surface area (Å²) >= 11 is 0. The molecule has 0 saturated heterocycles. The van der Waals surface area contributed by atoms with Crippen LogP contribution in [0.4, 0.5) is 0 Å². The van der Waals surface area contributed by atoms with Crippen molar-refractivity contribution >= 4 is 5.97 Å². The van der Waals surface area contributed by atoms with E-state index >= 15 is 0 Å². The first-order valence-corrected chi connectivity index (χ1v) is 6.90. The molecule has 0 radical (unpaired) electrons. The molecule has 108 valence electrons. The van der Waals surface area contributed by atoms with Crippen LogP contribution in [0.2, 0.25) is 0 Å². The van der Waals surface area contributed by atoms with Gasteiger partial charge in [0, 0.05) is 13.3 Å². The van der Waals surface area contributed by atoms with Gasteiger partial charge in [0.1, 0.15) is 12.2 Å². The number of hydrogen-bond acceptors (Lipinski definition) is 4. The highest BCUT2D eigenvalue weighted by Crippen LogP contribution is 2.51. The van der Waals surface area contributed by atoms with E-state index in [0.717, 1.165) is 6.42 Å². The summed E-state index contributed by atoms with van der Waals surface area (Å²) in [6.07, 6.45) is 2.55. The number of carbonyl (C=O) groups excluding carboxylic acids is 1. The SMILES string of the molecule is CC(=O)O[C@@H](C)C1C=C2C(C)(C)C[C@H](O)C[C@@]2(C)O1. The summed E-state index contributed by atoms with van der Waals surface area (Å²) in [5.41, 5.74) is 0.687. The molecule has 1 unspecified atom stereocenters. The maximum Gasteiger partial charge on any atom is 0.302 e. The van der Waals surface area contributed by atoms with E-state index in [1.165, 1.54) is 12.5 Å². The predicted molar refractivity (Wildman–Crippen MR) is 71.6 cm³/mol. The van der Waals surface area contributed by atoms with Crippen LogP contribution in [0.1, 0.15) is 47.5 Å². The first-order valence-electron chi connectivity index (χ1n) is 6.90. The zero-order valence-corrected chi connectivity index (χ0v) is 12.4. The molecule has 0 amide bonds. The minimum Gasteiger partial charge on any atom is -0.460 e. The van der Waals surface area contributed by atoms with E-state index in [2.05, 4.69) is 19.9 Å². The number of ether oxygens (including phenoxy) is 2. The highest BCUT2D eigenvalue weighted by molar-refractivity contribution is 5.66. The molecule has 2 aliphatic rings. The standard InChI is InChI=1S/C15H24O4/c1-9(18-10(2)16)12-6-13-14(3,4)7-11(17)8-15(13,5)19-12/h6,9,11-12,17H,7-8H2,1-5H3/t9-,11-,12?,15+/m0/s1. The summed E-state index contributed by atoms with van der Waals surface area (Å²) in [5.74, 6) is -0.297. The molecule has 0 bridgehead atoms. The highest BCUT2D eigenvalue weighted by atomic mass is 16.6. The summed E-state index contributed by atoms with van der Waals surface area (Å²) < 4.78 is 11.3. The lowest BCUT2D eigenvalue weighted by Crippen LogP contribution is -2.45. The number of aliphatic hydroxyl groups excluding tert-OH is 1. The lowest BCUT2D eigenvalue weighted by Gasteiger charge is -2.44. The third-order valence-corrected chi connectivity index (χ3v) is 4.21. The lowest BCUT2D eigenvalue weighted by molar-refractivity contribution is -0.157. The second-order valence-corrected chi connectivity index (χ2v) is 6.65. The van der Waals surface area contributed by atoms with Crippen molar-refractivity contribution in [2.45, 2.75) is 71.4 Å². The molecule has 4 heteroatoms. The van der Waals surface area contributed by atoms with Gasteiger partial charge in [-0.05, 0) is 37.3 Å². The van der Waals surface area contributed by atoms with Gasteiger partial charge >= 0.3 is 5.97 Å². The summed E-state index contributed by atoms with van der Waals surface area (Å²) in [4.78, 5) is 11.0. The molecule has 0 spiro atoms. The minimum absolute atomic E-state index is 0.0862. The van der Waals surface area contributed by atoms with E-state index in [1.54, 1.807) is 0 Å². The molecule has 0 aromatic rings. The zero-order chi connectivity index (χ0) is 14.4. The quantitative estimate of drug-likeness (QED) is 0.616. The largest absolute Gasteiger partial charge is 0.460 e. The molecule has 1 fully saturated rings. The Balaban J connectivity index is 2.23. The second-order valence-electron chi connectivity index (χ2n) is 6.65. The first-order chi connectivity index (χ1) is 8.64. The molecule has 0 aromatic carbocycles. The molecule has 19 heavy (non-hydrogen) atoms. The average Bonchev–Trinajstić information content (AvgIpc) is 2.53. The van der Waals surface area contributed by atoms with Crippen molar-refractivity contribution in [1.29, 1.82) is 0 Å². The smallest absolute Gasteiger partial charge is 0.302 e. The van der Waals surface area contributed by atoms with Gasteiger partial charge in [-0.15, -0.1) is 0 Å². The third kappa shape index (κ3) is 2.70. The molecule has 1 heterocycles. The van der Waals surface area contributed by atoms with Crippen LogP contribution in [0.3, 0.4) is 0 Å². The Bertz CT molecular complexity index is 412. The molecule has 1 aliphatic carbocycles. The van der Waals surface area contributed by atoms with Crippen LogP contribution in [0.5, 0.6) is 0 Å². The Hall–Kier alpha value is -0.870. The van der Waals surface area contributed by atoms with Crippen molar-refractivity contribution in [2.75, 3.05) is 0 Å². The predicted octanol–water partition coefficient (Wildman–Crippen LogP) is 2.20. The fraction of sp³-hybridized carbons (Fsp3) is 0.800. The summed E-state index contributed by atoms with van der Waals surface area (Å²) in [6.45, 7) is 9.52.